The van der Waals surface area contributed by atoms with Gasteiger partial charge in [-0.1, -0.05) is 0 Å². The first-order valence-electron chi connectivity index (χ1n) is 6.16. The highest BCUT2D eigenvalue weighted by Crippen LogP contribution is 2.27. The van der Waals surface area contributed by atoms with Crippen molar-refractivity contribution in [1.29, 1.82) is 0 Å². The molecular formula is C14H16N2O2. The normalized spacial score (nSPS) is 14.8. The van der Waals surface area contributed by atoms with Crippen molar-refractivity contribution in [3.05, 3.63) is 29.5 Å². The molecule has 4 heteroatoms. The number of fused-ring (bicyclic) bond motifs is 1. The molecule has 1 saturated carbocycles. The Morgan fingerprint density at radius 1 is 1.44 bits per heavy atom. The van der Waals surface area contributed by atoms with Crippen molar-refractivity contribution in [3.8, 4) is 5.75 Å². The van der Waals surface area contributed by atoms with E-state index in [2.05, 4.69) is 10.3 Å². The number of amides is 1. The number of H-pyrrole nitrogens is 1. The molecule has 0 unspecified atom stereocenters. The SMILES string of the molecule is COc1ccc2[nH]c(C)c(C(=O)NC3CC3)c2c1. The second-order valence-corrected chi connectivity index (χ2v) is 4.78. The van der Waals surface area contributed by atoms with Crippen molar-refractivity contribution in [2.24, 2.45) is 0 Å². The van der Waals surface area contributed by atoms with Gasteiger partial charge in [0.15, 0.2) is 0 Å². The monoisotopic (exact) mass is 244 g/mol. The van der Waals surface area contributed by atoms with Crippen LogP contribution in [0.5, 0.6) is 5.75 Å². The molecule has 0 radical (unpaired) electrons. The number of aryl methyl sites for hydroxylation is 1. The van der Waals surface area contributed by atoms with Gasteiger partial charge in [0.1, 0.15) is 5.75 Å². The molecule has 0 aliphatic heterocycles. The number of benzene rings is 1. The molecule has 0 atom stereocenters. The number of nitrogens with one attached hydrogen (secondary N) is 2. The Morgan fingerprint density at radius 3 is 2.89 bits per heavy atom. The van der Waals surface area contributed by atoms with Crippen LogP contribution >= 0.6 is 0 Å². The Balaban J connectivity index is 2.07. The Bertz CT molecular complexity index is 612. The maximum absolute atomic E-state index is 12.2. The van der Waals surface area contributed by atoms with Gasteiger partial charge in [-0.05, 0) is 38.0 Å². The molecule has 0 saturated heterocycles. The smallest absolute Gasteiger partial charge is 0.253 e. The van der Waals surface area contributed by atoms with Gasteiger partial charge in [0, 0.05) is 22.6 Å². The van der Waals surface area contributed by atoms with Gasteiger partial charge < -0.3 is 15.0 Å². The lowest BCUT2D eigenvalue weighted by Gasteiger charge is -2.04. The zero-order chi connectivity index (χ0) is 12.7. The van der Waals surface area contributed by atoms with E-state index in [1.54, 1.807) is 7.11 Å². The molecule has 0 bridgehead atoms. The third kappa shape index (κ3) is 1.83. The first kappa shape index (κ1) is 11.1. The van der Waals surface area contributed by atoms with Gasteiger partial charge in [0.2, 0.25) is 0 Å². The second kappa shape index (κ2) is 4.05. The predicted octanol–water partition coefficient (Wildman–Crippen LogP) is 2.38. The molecular weight excluding hydrogens is 228 g/mol. The average Bonchev–Trinajstić information content (AvgIpc) is 3.08. The minimum absolute atomic E-state index is 0.00880. The fourth-order valence-electron chi connectivity index (χ4n) is 2.21. The number of hydrogen-bond acceptors (Lipinski definition) is 2. The van der Waals surface area contributed by atoms with Crippen LogP contribution in [0.2, 0.25) is 0 Å². The number of aromatic nitrogens is 1. The van der Waals surface area contributed by atoms with Crippen LogP contribution in [0.25, 0.3) is 10.9 Å². The van der Waals surface area contributed by atoms with Crippen LogP contribution in [0.15, 0.2) is 18.2 Å². The van der Waals surface area contributed by atoms with E-state index < -0.39 is 0 Å². The van der Waals surface area contributed by atoms with Crippen LogP contribution in [0.4, 0.5) is 0 Å². The molecule has 4 nitrogen and oxygen atoms in total. The van der Waals surface area contributed by atoms with E-state index in [-0.39, 0.29) is 5.91 Å². The number of methoxy groups -OCH3 is 1. The van der Waals surface area contributed by atoms with E-state index in [0.29, 0.717) is 6.04 Å². The minimum Gasteiger partial charge on any atom is -0.497 e. The van der Waals surface area contributed by atoms with E-state index >= 15 is 0 Å². The molecule has 1 heterocycles. The third-order valence-electron chi connectivity index (χ3n) is 3.33. The highest BCUT2D eigenvalue weighted by molar-refractivity contribution is 6.08. The van der Waals surface area contributed by atoms with E-state index in [4.69, 9.17) is 4.74 Å². The quantitative estimate of drug-likeness (QED) is 0.871. The fraction of sp³-hybridized carbons (Fsp3) is 0.357. The molecule has 94 valence electrons. The molecule has 18 heavy (non-hydrogen) atoms. The highest BCUT2D eigenvalue weighted by atomic mass is 16.5. The summed E-state index contributed by atoms with van der Waals surface area (Å²) in [5, 5.41) is 3.95. The molecule has 3 rings (SSSR count). The van der Waals surface area contributed by atoms with E-state index in [9.17, 15) is 4.79 Å². The van der Waals surface area contributed by atoms with E-state index in [0.717, 1.165) is 40.8 Å². The minimum atomic E-state index is 0.00880. The molecule has 1 aromatic heterocycles. The van der Waals surface area contributed by atoms with Crippen molar-refractivity contribution >= 4 is 16.8 Å². The summed E-state index contributed by atoms with van der Waals surface area (Å²) >= 11 is 0. The van der Waals surface area contributed by atoms with Gasteiger partial charge in [-0.25, -0.2) is 0 Å². The van der Waals surface area contributed by atoms with Gasteiger partial charge in [-0.3, -0.25) is 4.79 Å². The number of carbonyl (C=O) groups is 1. The summed E-state index contributed by atoms with van der Waals surface area (Å²) in [4.78, 5) is 15.5. The lowest BCUT2D eigenvalue weighted by Crippen LogP contribution is -2.25. The summed E-state index contributed by atoms with van der Waals surface area (Å²) in [6, 6.07) is 6.10. The van der Waals surface area contributed by atoms with Gasteiger partial charge in [-0.2, -0.15) is 0 Å². The maximum Gasteiger partial charge on any atom is 0.253 e. The summed E-state index contributed by atoms with van der Waals surface area (Å²) < 4.78 is 5.21. The first-order chi connectivity index (χ1) is 8.69. The fourth-order valence-corrected chi connectivity index (χ4v) is 2.21. The summed E-state index contributed by atoms with van der Waals surface area (Å²) in [6.07, 6.45) is 2.19. The zero-order valence-corrected chi connectivity index (χ0v) is 10.5. The second-order valence-electron chi connectivity index (χ2n) is 4.78. The largest absolute Gasteiger partial charge is 0.497 e. The standard InChI is InChI=1S/C14H16N2O2/c1-8-13(14(17)16-9-3-4-9)11-7-10(18-2)5-6-12(11)15-8/h5-7,9,15H,3-4H2,1-2H3,(H,16,17). The van der Waals surface area contributed by atoms with Crippen molar-refractivity contribution < 1.29 is 9.53 Å². The molecule has 0 spiro atoms. The molecule has 2 N–H and O–H groups in total. The van der Waals surface area contributed by atoms with Crippen molar-refractivity contribution in [1.82, 2.24) is 10.3 Å². The summed E-state index contributed by atoms with van der Waals surface area (Å²) in [7, 11) is 1.63. The summed E-state index contributed by atoms with van der Waals surface area (Å²) in [5.74, 6) is 0.775. The number of rotatable bonds is 3. The molecule has 2 aromatic rings. The van der Waals surface area contributed by atoms with E-state index in [1.807, 2.05) is 25.1 Å². The average molecular weight is 244 g/mol. The zero-order valence-electron chi connectivity index (χ0n) is 10.5. The number of carbonyl (C=O) groups excluding carboxylic acids is 1. The number of aromatic amines is 1. The van der Waals surface area contributed by atoms with Crippen molar-refractivity contribution in [2.45, 2.75) is 25.8 Å². The molecule has 1 aromatic carbocycles. The third-order valence-corrected chi connectivity index (χ3v) is 3.33. The maximum atomic E-state index is 12.2. The lowest BCUT2D eigenvalue weighted by molar-refractivity contribution is 0.0952. The Labute approximate surface area is 105 Å². The first-order valence-corrected chi connectivity index (χ1v) is 6.16. The van der Waals surface area contributed by atoms with Gasteiger partial charge >= 0.3 is 0 Å². The summed E-state index contributed by atoms with van der Waals surface area (Å²) in [6.45, 7) is 1.92. The van der Waals surface area contributed by atoms with Crippen LogP contribution in [0.1, 0.15) is 28.9 Å². The van der Waals surface area contributed by atoms with Crippen LogP contribution in [-0.4, -0.2) is 24.0 Å². The Hall–Kier alpha value is -1.97. The van der Waals surface area contributed by atoms with Crippen LogP contribution in [-0.2, 0) is 0 Å². The van der Waals surface area contributed by atoms with Crippen molar-refractivity contribution in [2.75, 3.05) is 7.11 Å². The van der Waals surface area contributed by atoms with Gasteiger partial charge in [0.25, 0.3) is 5.91 Å². The number of hydrogen-bond donors (Lipinski definition) is 2. The van der Waals surface area contributed by atoms with Gasteiger partial charge in [-0.15, -0.1) is 0 Å². The molecule has 1 aliphatic carbocycles. The number of ether oxygens (including phenoxy) is 1. The predicted molar refractivity (Wildman–Crippen MR) is 70.1 cm³/mol. The summed E-state index contributed by atoms with van der Waals surface area (Å²) in [5.41, 5.74) is 2.60. The lowest BCUT2D eigenvalue weighted by atomic mass is 10.1. The van der Waals surface area contributed by atoms with Crippen LogP contribution < -0.4 is 10.1 Å². The Kier molecular flexibility index (Phi) is 2.51. The molecule has 1 aliphatic rings. The molecule has 1 fully saturated rings. The van der Waals surface area contributed by atoms with Crippen LogP contribution in [0.3, 0.4) is 0 Å². The highest BCUT2D eigenvalue weighted by Gasteiger charge is 2.26. The topological polar surface area (TPSA) is 54.1 Å². The van der Waals surface area contributed by atoms with E-state index in [1.165, 1.54) is 0 Å². The van der Waals surface area contributed by atoms with Crippen LogP contribution in [0, 0.1) is 6.92 Å². The van der Waals surface area contributed by atoms with Crippen molar-refractivity contribution in [3.63, 3.8) is 0 Å². The van der Waals surface area contributed by atoms with Gasteiger partial charge in [0.05, 0.1) is 12.7 Å². The molecule has 1 amide bonds. The Morgan fingerprint density at radius 2 is 2.22 bits per heavy atom.